The number of H-pyrrole nitrogens is 1. The number of carbonyl (C=O) groups excluding carboxylic acids is 1. The fourth-order valence-electron chi connectivity index (χ4n) is 1.58. The quantitative estimate of drug-likeness (QED) is 0.840. The maximum atomic E-state index is 12.2. The van der Waals surface area contributed by atoms with Gasteiger partial charge in [-0.3, -0.25) is 9.89 Å². The molecule has 0 bridgehead atoms. The van der Waals surface area contributed by atoms with Crippen molar-refractivity contribution in [2.45, 2.75) is 19.9 Å². The molecule has 0 fully saturated rings. The first-order chi connectivity index (χ1) is 9.22. The average molecular weight is 261 g/mol. The molecular weight excluding hydrogens is 246 g/mol. The first-order valence-electron chi connectivity index (χ1n) is 5.96. The lowest BCUT2D eigenvalue weighted by atomic mass is 10.2. The van der Waals surface area contributed by atoms with Crippen molar-refractivity contribution < 1.29 is 9.53 Å². The van der Waals surface area contributed by atoms with Crippen LogP contribution in [0.5, 0.6) is 5.88 Å². The fourth-order valence-corrected chi connectivity index (χ4v) is 1.58. The first-order valence-corrected chi connectivity index (χ1v) is 5.96. The Kier molecular flexibility index (Phi) is 4.07. The van der Waals surface area contributed by atoms with Crippen LogP contribution in [0.25, 0.3) is 0 Å². The second-order valence-electron chi connectivity index (χ2n) is 3.85. The maximum absolute atomic E-state index is 12.2. The number of aromatic nitrogens is 4. The summed E-state index contributed by atoms with van der Waals surface area (Å²) in [5, 5.41) is 9.26. The fraction of sp³-hybridized carbons (Fsp3) is 0.333. The van der Waals surface area contributed by atoms with Crippen molar-refractivity contribution >= 4 is 5.91 Å². The van der Waals surface area contributed by atoms with Crippen LogP contribution in [0.1, 0.15) is 36.1 Å². The number of hydrogen-bond acceptors (Lipinski definition) is 5. The van der Waals surface area contributed by atoms with Crippen molar-refractivity contribution in [3.05, 3.63) is 36.0 Å². The van der Waals surface area contributed by atoms with Gasteiger partial charge in [0.1, 0.15) is 17.7 Å². The second-order valence-corrected chi connectivity index (χ2v) is 3.85. The van der Waals surface area contributed by atoms with Crippen LogP contribution >= 0.6 is 0 Å². The van der Waals surface area contributed by atoms with E-state index >= 15 is 0 Å². The molecule has 7 heteroatoms. The van der Waals surface area contributed by atoms with Crippen LogP contribution in [0.2, 0.25) is 0 Å². The van der Waals surface area contributed by atoms with Crippen molar-refractivity contribution in [2.75, 3.05) is 6.61 Å². The van der Waals surface area contributed by atoms with E-state index in [4.69, 9.17) is 4.74 Å². The number of nitrogens with one attached hydrogen (secondary N) is 2. The topological polar surface area (TPSA) is 92.8 Å². The van der Waals surface area contributed by atoms with Gasteiger partial charge in [0.05, 0.1) is 12.6 Å². The minimum Gasteiger partial charge on any atom is -0.477 e. The molecule has 0 radical (unpaired) electrons. The van der Waals surface area contributed by atoms with Gasteiger partial charge in [-0.05, 0) is 26.0 Å². The minimum absolute atomic E-state index is 0.263. The molecule has 2 N–H and O–H groups in total. The Hall–Kier alpha value is -2.44. The third-order valence-electron chi connectivity index (χ3n) is 2.49. The summed E-state index contributed by atoms with van der Waals surface area (Å²) in [4.78, 5) is 20.2. The van der Waals surface area contributed by atoms with Gasteiger partial charge in [0.15, 0.2) is 0 Å². The van der Waals surface area contributed by atoms with Crippen molar-refractivity contribution in [3.8, 4) is 5.88 Å². The van der Waals surface area contributed by atoms with Gasteiger partial charge in [0.2, 0.25) is 5.88 Å². The summed E-state index contributed by atoms with van der Waals surface area (Å²) in [5.41, 5.74) is 0.399. The highest BCUT2D eigenvalue weighted by Crippen LogP contribution is 2.15. The molecule has 1 atom stereocenters. The number of rotatable bonds is 5. The van der Waals surface area contributed by atoms with Crippen LogP contribution in [0, 0.1) is 0 Å². The smallest absolute Gasteiger partial charge is 0.257 e. The number of hydrogen-bond donors (Lipinski definition) is 2. The highest BCUT2D eigenvalue weighted by Gasteiger charge is 2.17. The normalized spacial score (nSPS) is 11.9. The summed E-state index contributed by atoms with van der Waals surface area (Å²) >= 11 is 0. The standard InChI is InChI=1S/C12H15N5O2/c1-3-19-12-9(5-4-6-13-12)11(18)16-8(2)10-14-7-15-17-10/h4-8H,3H2,1-2H3,(H,16,18)(H,14,15,17)/t8-/m1/s1. The molecule has 0 unspecified atom stereocenters. The van der Waals surface area contributed by atoms with Gasteiger partial charge in [-0.1, -0.05) is 0 Å². The molecule has 0 saturated heterocycles. The minimum atomic E-state index is -0.273. The highest BCUT2D eigenvalue weighted by atomic mass is 16.5. The molecule has 0 spiro atoms. The van der Waals surface area contributed by atoms with Crippen LogP contribution < -0.4 is 10.1 Å². The van der Waals surface area contributed by atoms with Gasteiger partial charge in [-0.2, -0.15) is 5.10 Å². The zero-order valence-corrected chi connectivity index (χ0v) is 10.8. The predicted molar refractivity (Wildman–Crippen MR) is 67.7 cm³/mol. The molecule has 7 nitrogen and oxygen atoms in total. The van der Waals surface area contributed by atoms with Gasteiger partial charge in [-0.15, -0.1) is 0 Å². The maximum Gasteiger partial charge on any atom is 0.257 e. The van der Waals surface area contributed by atoms with Crippen LogP contribution in [-0.2, 0) is 0 Å². The van der Waals surface area contributed by atoms with E-state index in [0.717, 1.165) is 0 Å². The van der Waals surface area contributed by atoms with Gasteiger partial charge >= 0.3 is 0 Å². The third-order valence-corrected chi connectivity index (χ3v) is 2.49. The van der Waals surface area contributed by atoms with Crippen LogP contribution in [-0.4, -0.2) is 32.7 Å². The molecule has 2 heterocycles. The number of nitrogens with zero attached hydrogens (tertiary/aromatic N) is 3. The van der Waals surface area contributed by atoms with Gasteiger partial charge in [0.25, 0.3) is 5.91 Å². The second kappa shape index (κ2) is 5.94. The summed E-state index contributed by atoms with van der Waals surface area (Å²) in [6.45, 7) is 4.11. The number of amides is 1. The summed E-state index contributed by atoms with van der Waals surface area (Å²) in [6, 6.07) is 3.08. The van der Waals surface area contributed by atoms with Gasteiger partial charge in [0, 0.05) is 6.20 Å². The van der Waals surface area contributed by atoms with Crippen LogP contribution in [0.4, 0.5) is 0 Å². The molecule has 2 aromatic rings. The average Bonchev–Trinajstić information content (AvgIpc) is 2.93. The monoisotopic (exact) mass is 261 g/mol. The third kappa shape index (κ3) is 3.06. The molecule has 0 aliphatic rings. The highest BCUT2D eigenvalue weighted by molar-refractivity contribution is 5.96. The lowest BCUT2D eigenvalue weighted by Crippen LogP contribution is -2.28. The summed E-state index contributed by atoms with van der Waals surface area (Å²) < 4.78 is 5.32. The number of ether oxygens (including phenoxy) is 1. The van der Waals surface area contributed by atoms with E-state index in [-0.39, 0.29) is 11.9 Å². The number of carbonyl (C=O) groups is 1. The van der Waals surface area contributed by atoms with E-state index in [1.807, 2.05) is 13.8 Å². The Morgan fingerprint density at radius 3 is 3.05 bits per heavy atom. The number of aromatic amines is 1. The molecule has 0 aliphatic heterocycles. The van der Waals surface area contributed by atoms with E-state index in [1.54, 1.807) is 18.3 Å². The lowest BCUT2D eigenvalue weighted by molar-refractivity contribution is 0.0933. The molecule has 0 aromatic carbocycles. The van der Waals surface area contributed by atoms with E-state index in [1.165, 1.54) is 6.33 Å². The summed E-state index contributed by atoms with van der Waals surface area (Å²) in [6.07, 6.45) is 2.98. The number of pyridine rings is 1. The molecule has 19 heavy (non-hydrogen) atoms. The Morgan fingerprint density at radius 1 is 1.53 bits per heavy atom. The largest absolute Gasteiger partial charge is 0.477 e. The zero-order chi connectivity index (χ0) is 13.7. The molecule has 1 amide bonds. The Balaban J connectivity index is 2.11. The predicted octanol–water partition coefficient (Wildman–Crippen LogP) is 1.09. The van der Waals surface area contributed by atoms with Gasteiger partial charge in [-0.25, -0.2) is 9.97 Å². The van der Waals surface area contributed by atoms with Crippen molar-refractivity contribution in [1.29, 1.82) is 0 Å². The molecule has 100 valence electrons. The van der Waals surface area contributed by atoms with Gasteiger partial charge < -0.3 is 10.1 Å². The molecule has 2 rings (SSSR count). The lowest BCUT2D eigenvalue weighted by Gasteiger charge is -2.12. The van der Waals surface area contributed by atoms with Crippen LogP contribution in [0.3, 0.4) is 0 Å². The van der Waals surface area contributed by atoms with Crippen molar-refractivity contribution in [3.63, 3.8) is 0 Å². The molecule has 0 saturated carbocycles. The Labute approximate surface area is 110 Å². The zero-order valence-electron chi connectivity index (χ0n) is 10.8. The van der Waals surface area contributed by atoms with Crippen molar-refractivity contribution in [2.24, 2.45) is 0 Å². The first kappa shape index (κ1) is 13.0. The molecule has 2 aromatic heterocycles. The van der Waals surface area contributed by atoms with Crippen LogP contribution in [0.15, 0.2) is 24.7 Å². The van der Waals surface area contributed by atoms with Crippen molar-refractivity contribution in [1.82, 2.24) is 25.5 Å². The van der Waals surface area contributed by atoms with E-state index in [0.29, 0.717) is 23.9 Å². The van der Waals surface area contributed by atoms with E-state index < -0.39 is 0 Å². The Morgan fingerprint density at radius 2 is 2.37 bits per heavy atom. The SMILES string of the molecule is CCOc1ncccc1C(=O)N[C@H](C)c1ncn[nH]1. The van der Waals surface area contributed by atoms with E-state index in [2.05, 4.69) is 25.5 Å². The summed E-state index contributed by atoms with van der Waals surface area (Å²) in [5.74, 6) is 0.655. The molecular formula is C12H15N5O2. The Bertz CT molecular complexity index is 541. The molecule has 0 aliphatic carbocycles. The summed E-state index contributed by atoms with van der Waals surface area (Å²) in [7, 11) is 0. The van der Waals surface area contributed by atoms with E-state index in [9.17, 15) is 4.79 Å².